The molecule has 0 fully saturated rings. The highest BCUT2D eigenvalue weighted by atomic mass is 16.2. The van der Waals surface area contributed by atoms with Gasteiger partial charge in [-0.2, -0.15) is 5.10 Å². The molecule has 6 nitrogen and oxygen atoms in total. The van der Waals surface area contributed by atoms with E-state index in [4.69, 9.17) is 0 Å². The van der Waals surface area contributed by atoms with Crippen molar-refractivity contribution in [2.45, 2.75) is 46.1 Å². The molecule has 1 aromatic carbocycles. The van der Waals surface area contributed by atoms with Gasteiger partial charge in [0.1, 0.15) is 5.82 Å². The predicted octanol–water partition coefficient (Wildman–Crippen LogP) is 4.01. The van der Waals surface area contributed by atoms with Crippen LogP contribution in [0.3, 0.4) is 0 Å². The highest BCUT2D eigenvalue weighted by molar-refractivity contribution is 6.12. The molecule has 138 valence electrons. The van der Waals surface area contributed by atoms with Gasteiger partial charge in [0.25, 0.3) is 0 Å². The summed E-state index contributed by atoms with van der Waals surface area (Å²) >= 11 is 0. The number of hydrogen-bond acceptors (Lipinski definition) is 4. The van der Waals surface area contributed by atoms with E-state index in [9.17, 15) is 4.79 Å². The lowest BCUT2D eigenvalue weighted by Crippen LogP contribution is -2.33. The van der Waals surface area contributed by atoms with E-state index in [0.29, 0.717) is 5.82 Å². The van der Waals surface area contributed by atoms with Gasteiger partial charge >= 0.3 is 0 Å². The largest absolute Gasteiger partial charge is 0.273 e. The maximum Gasteiger partial charge on any atom is 0.242 e. The van der Waals surface area contributed by atoms with E-state index < -0.39 is 5.41 Å². The summed E-state index contributed by atoms with van der Waals surface area (Å²) in [6, 6.07) is 8.00. The van der Waals surface area contributed by atoms with E-state index in [-0.39, 0.29) is 5.91 Å². The maximum absolute atomic E-state index is 13.2. The highest BCUT2D eigenvalue weighted by Gasteiger charge is 2.45. The molecule has 0 unspecified atom stereocenters. The van der Waals surface area contributed by atoms with Gasteiger partial charge in [-0.05, 0) is 44.4 Å². The molecule has 0 saturated heterocycles. The number of benzene rings is 1. The third-order valence-electron chi connectivity index (χ3n) is 5.07. The predicted molar refractivity (Wildman–Crippen MR) is 105 cm³/mol. The standard InChI is InChI=1S/C21H23N5O/c1-5-9-25-10-8-19(24-25)26-18-11-15(16-12-22-14(2)23-13-16)6-7-17(18)21(3,4)20(26)27/h6-8,10-13H,5,9H2,1-4H3. The Bertz CT molecular complexity index is 1000. The van der Waals surface area contributed by atoms with Crippen molar-refractivity contribution in [1.82, 2.24) is 19.7 Å². The summed E-state index contributed by atoms with van der Waals surface area (Å²) in [6.07, 6.45) is 6.54. The summed E-state index contributed by atoms with van der Waals surface area (Å²) in [5, 5.41) is 4.61. The van der Waals surface area contributed by atoms with Crippen LogP contribution in [-0.2, 0) is 16.8 Å². The Hall–Kier alpha value is -3.02. The summed E-state index contributed by atoms with van der Waals surface area (Å²) in [4.78, 5) is 23.5. The lowest BCUT2D eigenvalue weighted by atomic mass is 9.85. The second-order valence-electron chi connectivity index (χ2n) is 7.45. The Labute approximate surface area is 158 Å². The van der Waals surface area contributed by atoms with Crippen molar-refractivity contribution in [2.75, 3.05) is 4.90 Å². The number of carbonyl (C=O) groups is 1. The first-order chi connectivity index (χ1) is 12.9. The molecule has 3 heterocycles. The van der Waals surface area contributed by atoms with Gasteiger partial charge in [-0.1, -0.05) is 19.1 Å². The van der Waals surface area contributed by atoms with Crippen molar-refractivity contribution in [2.24, 2.45) is 0 Å². The third kappa shape index (κ3) is 2.81. The van der Waals surface area contributed by atoms with Crippen molar-refractivity contribution < 1.29 is 4.79 Å². The molecule has 0 spiro atoms. The van der Waals surface area contributed by atoms with Crippen LogP contribution in [0.5, 0.6) is 0 Å². The Morgan fingerprint density at radius 1 is 1.07 bits per heavy atom. The summed E-state index contributed by atoms with van der Waals surface area (Å²) in [6.45, 7) is 8.73. The van der Waals surface area contributed by atoms with Crippen molar-refractivity contribution in [3.63, 3.8) is 0 Å². The van der Waals surface area contributed by atoms with Gasteiger partial charge in [-0.15, -0.1) is 0 Å². The molecule has 3 aromatic rings. The highest BCUT2D eigenvalue weighted by Crippen LogP contribution is 2.46. The van der Waals surface area contributed by atoms with Crippen molar-refractivity contribution in [1.29, 1.82) is 0 Å². The van der Waals surface area contributed by atoms with Gasteiger partial charge in [0.05, 0.1) is 11.1 Å². The minimum atomic E-state index is -0.591. The SMILES string of the molecule is CCCn1ccc(N2C(=O)C(C)(C)c3ccc(-c4cnc(C)nc4)cc32)n1. The van der Waals surface area contributed by atoms with Gasteiger partial charge in [-0.25, -0.2) is 9.97 Å². The van der Waals surface area contributed by atoms with Crippen LogP contribution in [0.1, 0.15) is 38.6 Å². The van der Waals surface area contributed by atoms with Gasteiger partial charge in [0.2, 0.25) is 5.91 Å². The molecule has 27 heavy (non-hydrogen) atoms. The molecule has 0 bridgehead atoms. The summed E-state index contributed by atoms with van der Waals surface area (Å²) < 4.78 is 1.88. The zero-order valence-electron chi connectivity index (χ0n) is 16.1. The lowest BCUT2D eigenvalue weighted by Gasteiger charge is -2.18. The van der Waals surface area contributed by atoms with Gasteiger partial charge in [0, 0.05) is 36.8 Å². The van der Waals surface area contributed by atoms with Crippen molar-refractivity contribution in [3.05, 3.63) is 54.2 Å². The van der Waals surface area contributed by atoms with Crippen LogP contribution in [0.4, 0.5) is 11.5 Å². The lowest BCUT2D eigenvalue weighted by molar-refractivity contribution is -0.121. The summed E-state index contributed by atoms with van der Waals surface area (Å²) in [7, 11) is 0. The Kier molecular flexibility index (Phi) is 4.06. The number of anilines is 2. The Morgan fingerprint density at radius 2 is 1.81 bits per heavy atom. The second-order valence-corrected chi connectivity index (χ2v) is 7.45. The van der Waals surface area contributed by atoms with E-state index in [2.05, 4.69) is 22.0 Å². The van der Waals surface area contributed by atoms with Crippen molar-refractivity contribution in [3.8, 4) is 11.1 Å². The molecule has 4 rings (SSSR count). The maximum atomic E-state index is 13.2. The number of amides is 1. The van der Waals surface area contributed by atoms with Gasteiger partial charge in [-0.3, -0.25) is 14.4 Å². The van der Waals surface area contributed by atoms with Crippen LogP contribution in [0.2, 0.25) is 0 Å². The molecule has 1 amide bonds. The summed E-state index contributed by atoms with van der Waals surface area (Å²) in [5.41, 5.74) is 3.21. The second kappa shape index (κ2) is 6.30. The van der Waals surface area contributed by atoms with Crippen LogP contribution in [-0.4, -0.2) is 25.7 Å². The van der Waals surface area contributed by atoms with E-state index in [1.165, 1.54) is 0 Å². The number of aromatic nitrogens is 4. The number of nitrogens with zero attached hydrogens (tertiary/aromatic N) is 5. The number of aryl methyl sites for hydroxylation is 2. The van der Waals surface area contributed by atoms with E-state index in [1.807, 2.05) is 68.3 Å². The first-order valence-corrected chi connectivity index (χ1v) is 9.23. The van der Waals surface area contributed by atoms with Crippen LogP contribution >= 0.6 is 0 Å². The number of carbonyl (C=O) groups excluding carboxylic acids is 1. The number of hydrogen-bond donors (Lipinski definition) is 0. The Balaban J connectivity index is 1.82. The molecule has 0 radical (unpaired) electrons. The molecule has 0 saturated carbocycles. The first-order valence-electron chi connectivity index (χ1n) is 9.23. The fourth-order valence-electron chi connectivity index (χ4n) is 3.52. The normalized spacial score (nSPS) is 15.3. The monoisotopic (exact) mass is 361 g/mol. The zero-order valence-corrected chi connectivity index (χ0v) is 16.1. The average molecular weight is 361 g/mol. The molecule has 0 atom stereocenters. The molecule has 0 N–H and O–H groups in total. The van der Waals surface area contributed by atoms with E-state index in [0.717, 1.165) is 41.2 Å². The first kappa shape index (κ1) is 17.4. The fraction of sp³-hybridized carbons (Fsp3) is 0.333. The Morgan fingerprint density at radius 3 is 2.52 bits per heavy atom. The quantitative estimate of drug-likeness (QED) is 0.704. The molecule has 1 aliphatic heterocycles. The molecule has 1 aliphatic rings. The smallest absolute Gasteiger partial charge is 0.242 e. The average Bonchev–Trinajstić information content (AvgIpc) is 3.17. The fourth-order valence-corrected chi connectivity index (χ4v) is 3.52. The summed E-state index contributed by atoms with van der Waals surface area (Å²) in [5.74, 6) is 1.44. The van der Waals surface area contributed by atoms with Gasteiger partial charge < -0.3 is 0 Å². The van der Waals surface area contributed by atoms with Crippen LogP contribution in [0.15, 0.2) is 42.9 Å². The third-order valence-corrected chi connectivity index (χ3v) is 5.07. The topological polar surface area (TPSA) is 63.9 Å². The molecule has 6 heteroatoms. The van der Waals surface area contributed by atoms with Crippen LogP contribution in [0, 0.1) is 6.92 Å². The van der Waals surface area contributed by atoms with Crippen LogP contribution in [0.25, 0.3) is 11.1 Å². The minimum absolute atomic E-state index is 0.0385. The minimum Gasteiger partial charge on any atom is -0.273 e. The molecular formula is C21H23N5O. The van der Waals surface area contributed by atoms with Gasteiger partial charge in [0.15, 0.2) is 5.82 Å². The zero-order chi connectivity index (χ0) is 19.2. The molecular weight excluding hydrogens is 338 g/mol. The van der Waals surface area contributed by atoms with Crippen LogP contribution < -0.4 is 4.90 Å². The van der Waals surface area contributed by atoms with E-state index in [1.54, 1.807) is 4.90 Å². The molecule has 2 aromatic heterocycles. The van der Waals surface area contributed by atoms with E-state index >= 15 is 0 Å². The van der Waals surface area contributed by atoms with Crippen molar-refractivity contribution >= 4 is 17.4 Å². The number of fused-ring (bicyclic) bond motifs is 1. The number of rotatable bonds is 4. The molecule has 0 aliphatic carbocycles.